The topological polar surface area (TPSA) is 118 Å². The summed E-state index contributed by atoms with van der Waals surface area (Å²) in [5.74, 6) is -0.00277. The van der Waals surface area contributed by atoms with E-state index in [2.05, 4.69) is 30.6 Å². The van der Waals surface area contributed by atoms with Crippen LogP contribution in [-0.2, 0) is 0 Å². The third kappa shape index (κ3) is 3.70. The van der Waals surface area contributed by atoms with E-state index >= 15 is 0 Å². The molecule has 1 aromatic carbocycles. The van der Waals surface area contributed by atoms with Crippen molar-refractivity contribution in [2.75, 3.05) is 0 Å². The average Bonchev–Trinajstić information content (AvgIpc) is 3.09. The number of aromatic amines is 4. The SMILES string of the molecule is Cc1cc(C=Nn2c(=S)[nH][nH]c2=S)c(O)c(/C=N/n2c(=S)[nH][nH]c2=S)c1. The summed E-state index contributed by atoms with van der Waals surface area (Å²) >= 11 is 20.3. The highest BCUT2D eigenvalue weighted by atomic mass is 32.1. The summed E-state index contributed by atoms with van der Waals surface area (Å²) in [7, 11) is 0. The standard InChI is InChI=1S/C13H12N8OS4/c1-6-2-7(4-14-20-10(23)16-17-11(20)24)9(22)8(3-6)5-15-21-12(25)18-19-13(21)26/h2-5,22H,1H3,(H,16,23)(H,17,24)(H,18,25)(H,19,26)/b14-4+,15-5?. The number of phenols is 1. The van der Waals surface area contributed by atoms with Crippen LogP contribution in [0.5, 0.6) is 5.75 Å². The number of hydrogen-bond acceptors (Lipinski definition) is 7. The van der Waals surface area contributed by atoms with Crippen molar-refractivity contribution in [2.24, 2.45) is 10.2 Å². The highest BCUT2D eigenvalue weighted by molar-refractivity contribution is 7.72. The molecule has 2 heterocycles. The first-order chi connectivity index (χ1) is 12.4. The molecule has 5 N–H and O–H groups in total. The lowest BCUT2D eigenvalue weighted by atomic mass is 10.1. The predicted octanol–water partition coefficient (Wildman–Crippen LogP) is 3.30. The maximum Gasteiger partial charge on any atom is 0.215 e. The van der Waals surface area contributed by atoms with Crippen LogP contribution in [0.15, 0.2) is 22.3 Å². The molecule has 0 aliphatic carbocycles. The second-order valence-corrected chi connectivity index (χ2v) is 6.67. The van der Waals surface area contributed by atoms with Crippen LogP contribution in [0.4, 0.5) is 0 Å². The molecule has 0 atom stereocenters. The third-order valence-electron chi connectivity index (χ3n) is 3.26. The van der Waals surface area contributed by atoms with Gasteiger partial charge in [0.2, 0.25) is 19.1 Å². The third-order valence-corrected chi connectivity index (χ3v) is 4.36. The van der Waals surface area contributed by atoms with Crippen molar-refractivity contribution in [3.8, 4) is 5.75 Å². The van der Waals surface area contributed by atoms with Crippen molar-refractivity contribution in [3.63, 3.8) is 0 Å². The van der Waals surface area contributed by atoms with Gasteiger partial charge in [0.05, 0.1) is 12.4 Å². The quantitative estimate of drug-likeness (QED) is 0.325. The molecule has 134 valence electrons. The molecule has 0 fully saturated rings. The van der Waals surface area contributed by atoms with E-state index in [4.69, 9.17) is 48.9 Å². The van der Waals surface area contributed by atoms with Crippen LogP contribution < -0.4 is 0 Å². The van der Waals surface area contributed by atoms with E-state index in [1.54, 1.807) is 12.1 Å². The van der Waals surface area contributed by atoms with E-state index in [0.29, 0.717) is 30.2 Å². The van der Waals surface area contributed by atoms with Crippen molar-refractivity contribution in [2.45, 2.75) is 6.92 Å². The molecule has 26 heavy (non-hydrogen) atoms. The van der Waals surface area contributed by atoms with Gasteiger partial charge in [0.25, 0.3) is 0 Å². The van der Waals surface area contributed by atoms with Crippen LogP contribution in [0.2, 0.25) is 0 Å². The molecule has 9 nitrogen and oxygen atoms in total. The lowest BCUT2D eigenvalue weighted by molar-refractivity contribution is 0.473. The summed E-state index contributed by atoms with van der Waals surface area (Å²) in [5, 5.41) is 29.6. The fourth-order valence-corrected chi connectivity index (χ4v) is 2.97. The van der Waals surface area contributed by atoms with E-state index in [-0.39, 0.29) is 5.75 Å². The number of hydrogen-bond donors (Lipinski definition) is 5. The van der Waals surface area contributed by atoms with Gasteiger partial charge in [-0.3, -0.25) is 20.4 Å². The number of nitrogens with one attached hydrogen (secondary N) is 4. The molecule has 3 aromatic rings. The highest BCUT2D eigenvalue weighted by Crippen LogP contribution is 2.22. The van der Waals surface area contributed by atoms with Gasteiger partial charge in [-0.2, -0.15) is 19.6 Å². The normalized spacial score (nSPS) is 11.7. The van der Waals surface area contributed by atoms with Crippen molar-refractivity contribution in [1.29, 1.82) is 0 Å². The summed E-state index contributed by atoms with van der Waals surface area (Å²) in [5.41, 5.74) is 1.86. The molecule has 0 saturated carbocycles. The molecule has 0 unspecified atom stereocenters. The fourth-order valence-electron chi connectivity index (χ4n) is 2.09. The molecular weight excluding hydrogens is 412 g/mol. The van der Waals surface area contributed by atoms with E-state index in [9.17, 15) is 5.11 Å². The minimum Gasteiger partial charge on any atom is -0.507 e. The molecule has 0 aliphatic heterocycles. The van der Waals surface area contributed by atoms with E-state index in [1.807, 2.05) is 6.92 Å². The molecule has 0 bridgehead atoms. The van der Waals surface area contributed by atoms with E-state index in [0.717, 1.165) is 5.56 Å². The molecule has 0 radical (unpaired) electrons. The zero-order valence-electron chi connectivity index (χ0n) is 13.2. The Kier molecular flexibility index (Phi) is 5.22. The van der Waals surface area contributed by atoms with Crippen LogP contribution >= 0.6 is 48.9 Å². The van der Waals surface area contributed by atoms with Gasteiger partial charge in [-0.1, -0.05) is 0 Å². The Labute approximate surface area is 166 Å². The highest BCUT2D eigenvalue weighted by Gasteiger charge is 2.07. The Morgan fingerprint density at radius 1 is 0.808 bits per heavy atom. The number of aromatic hydroxyl groups is 1. The lowest BCUT2D eigenvalue weighted by Crippen LogP contribution is -1.96. The van der Waals surface area contributed by atoms with Gasteiger partial charge in [-0.25, -0.2) is 0 Å². The largest absolute Gasteiger partial charge is 0.507 e. The first-order valence-corrected chi connectivity index (χ1v) is 8.72. The maximum absolute atomic E-state index is 10.5. The molecule has 3 rings (SSSR count). The van der Waals surface area contributed by atoms with Gasteiger partial charge in [0, 0.05) is 11.1 Å². The fraction of sp³-hybridized carbons (Fsp3) is 0.0769. The zero-order valence-corrected chi connectivity index (χ0v) is 16.4. The predicted molar refractivity (Wildman–Crippen MR) is 108 cm³/mol. The van der Waals surface area contributed by atoms with Crippen LogP contribution in [0, 0.1) is 26.0 Å². The number of aryl methyl sites for hydroxylation is 1. The summed E-state index contributed by atoms with van der Waals surface area (Å²) in [6.07, 6.45) is 2.92. The average molecular weight is 425 g/mol. The minimum absolute atomic E-state index is 0.00277. The summed E-state index contributed by atoms with van der Waals surface area (Å²) in [6.45, 7) is 1.89. The molecule has 13 heteroatoms. The Balaban J connectivity index is 2.02. The monoisotopic (exact) mass is 424 g/mol. The number of benzene rings is 1. The lowest BCUT2D eigenvalue weighted by Gasteiger charge is -2.05. The van der Waals surface area contributed by atoms with Crippen LogP contribution in [0.1, 0.15) is 16.7 Å². The van der Waals surface area contributed by atoms with Crippen LogP contribution in [-0.4, -0.2) is 47.3 Å². The van der Waals surface area contributed by atoms with Crippen LogP contribution in [0.25, 0.3) is 0 Å². The second kappa shape index (κ2) is 7.41. The minimum atomic E-state index is -0.00277. The molecule has 0 saturated heterocycles. The van der Waals surface area contributed by atoms with Crippen molar-refractivity contribution < 1.29 is 5.11 Å². The number of nitrogens with zero attached hydrogens (tertiary/aromatic N) is 4. The molecule has 0 aliphatic rings. The van der Waals surface area contributed by atoms with Gasteiger partial charge in [0.1, 0.15) is 5.75 Å². The first kappa shape index (κ1) is 18.3. The van der Waals surface area contributed by atoms with Gasteiger partial charge in [-0.15, -0.1) is 0 Å². The Morgan fingerprint density at radius 2 is 1.15 bits per heavy atom. The van der Waals surface area contributed by atoms with Crippen molar-refractivity contribution >= 4 is 61.3 Å². The number of H-pyrrole nitrogens is 4. The molecule has 0 spiro atoms. The molecular formula is C13H12N8OS4. The number of rotatable bonds is 4. The van der Waals surface area contributed by atoms with E-state index in [1.165, 1.54) is 21.8 Å². The smallest absolute Gasteiger partial charge is 0.215 e. The number of aromatic nitrogens is 6. The zero-order chi connectivity index (χ0) is 18.8. The summed E-state index contributed by atoms with van der Waals surface area (Å²) in [6, 6.07) is 3.54. The van der Waals surface area contributed by atoms with Crippen molar-refractivity contribution in [3.05, 3.63) is 47.9 Å². The molecule has 0 amide bonds. The Hall–Kier alpha value is -2.48. The van der Waals surface area contributed by atoms with Crippen molar-refractivity contribution in [1.82, 2.24) is 29.7 Å². The Bertz CT molecular complexity index is 1100. The van der Waals surface area contributed by atoms with Gasteiger partial charge in [0.15, 0.2) is 0 Å². The summed E-state index contributed by atoms with van der Waals surface area (Å²) in [4.78, 5) is 0. The Morgan fingerprint density at radius 3 is 1.50 bits per heavy atom. The molecule has 2 aromatic heterocycles. The second-order valence-electron chi connectivity index (χ2n) is 5.13. The van der Waals surface area contributed by atoms with E-state index < -0.39 is 0 Å². The maximum atomic E-state index is 10.5. The first-order valence-electron chi connectivity index (χ1n) is 7.08. The van der Waals surface area contributed by atoms with Gasteiger partial charge >= 0.3 is 0 Å². The summed E-state index contributed by atoms with van der Waals surface area (Å²) < 4.78 is 3.93. The van der Waals surface area contributed by atoms with Gasteiger partial charge in [-0.05, 0) is 73.5 Å². The number of phenolic OH excluding ortho intramolecular Hbond substituents is 1. The van der Waals surface area contributed by atoms with Crippen LogP contribution in [0.3, 0.4) is 0 Å². The van der Waals surface area contributed by atoms with Gasteiger partial charge < -0.3 is 5.11 Å².